The maximum Gasteiger partial charge on any atom is 0.372 e. The van der Waals surface area contributed by atoms with E-state index in [0.717, 1.165) is 56.9 Å². The van der Waals surface area contributed by atoms with E-state index in [-0.39, 0.29) is 126 Å². The van der Waals surface area contributed by atoms with Gasteiger partial charge in [0.25, 0.3) is 5.91 Å². The predicted molar refractivity (Wildman–Crippen MR) is 314 cm³/mol. The minimum Gasteiger partial charge on any atom is -0.481 e. The lowest BCUT2D eigenvalue weighted by molar-refractivity contribution is -0.149. The summed E-state index contributed by atoms with van der Waals surface area (Å²) in [5, 5.41) is 46.4. The first kappa shape index (κ1) is 78.5. The Hall–Kier alpha value is -6.50. The monoisotopic (exact) mass is 1210 g/mol. The fourth-order valence-corrected chi connectivity index (χ4v) is 8.28. The Kier molecular flexibility index (Phi) is 47.9. The number of benzene rings is 1. The molecule has 0 bridgehead atoms. The smallest absolute Gasteiger partial charge is 0.372 e. The highest BCUT2D eigenvalue weighted by atomic mass is 16.5. The summed E-state index contributed by atoms with van der Waals surface area (Å²) in [7, 11) is 0. The fraction of sp³-hybridized carbons (Fsp3) is 0.705. The van der Waals surface area contributed by atoms with Crippen molar-refractivity contribution < 1.29 is 96.9 Å². The summed E-state index contributed by atoms with van der Waals surface area (Å²) in [5.41, 5.74) is 1.68. The molecule has 24 nitrogen and oxygen atoms in total. The number of carboxylic acids is 4. The van der Waals surface area contributed by atoms with Crippen LogP contribution in [-0.4, -0.2) is 169 Å². The van der Waals surface area contributed by atoms with Crippen molar-refractivity contribution in [2.75, 3.05) is 65.9 Å². The largest absolute Gasteiger partial charge is 0.481 e. The maximum atomic E-state index is 12.3. The van der Waals surface area contributed by atoms with Gasteiger partial charge in [-0.3, -0.25) is 38.4 Å². The van der Waals surface area contributed by atoms with Crippen LogP contribution >= 0.6 is 0 Å². The summed E-state index contributed by atoms with van der Waals surface area (Å²) in [6.07, 6.45) is 17.2. The molecule has 0 aliphatic rings. The van der Waals surface area contributed by atoms with Gasteiger partial charge in [0.1, 0.15) is 36.9 Å². The molecule has 4 amide bonds. The van der Waals surface area contributed by atoms with E-state index >= 15 is 0 Å². The van der Waals surface area contributed by atoms with Crippen LogP contribution in [-0.2, 0) is 71.7 Å². The quantitative estimate of drug-likeness (QED) is 0.0249. The molecule has 0 saturated carbocycles. The summed E-state index contributed by atoms with van der Waals surface area (Å²) in [6.45, 7) is 6.79. The minimum absolute atomic E-state index is 0.00488. The molecular weight excluding hydrogens is 1110 g/mol. The minimum atomic E-state index is -1.35. The first-order valence-electron chi connectivity index (χ1n) is 30.1. The maximum absolute atomic E-state index is 12.3. The number of carboxylic acid groups (broad SMARTS) is 4. The van der Waals surface area contributed by atoms with Gasteiger partial charge in [-0.2, -0.15) is 0 Å². The van der Waals surface area contributed by atoms with Crippen LogP contribution in [0.15, 0.2) is 24.3 Å². The topological polar surface area (TPSA) is 371 Å². The number of aryl methyl sites for hydroxylation is 1. The highest BCUT2D eigenvalue weighted by Crippen LogP contribution is 2.15. The standard InChI is InChI=1S/C37H62N2O13.C24H36N2O7/c1-28(40)20-22-30(35(45)46)39-34(44)27-52-26-25-51-24-16-17-29(41)21-23-31(36(47)48)38-33(43)19-15-13-11-9-7-5-3-2-4-6-8-10-12-14-18-32(42)37(49)50;1-3-19(24(30)31)10-11-22(28)25-13-14-32-15-16-33-17-21(27)5-4-12-26-23(29)20-8-6-18(2)7-9-20/h30-31H,2-27H2,1H3,(H,38,43)(H,39,44)(H,45,46)(H,47,48)(H,49,50);6-9,19H,3-5,10-17H2,1-2H3,(H,25,28)(H,26,29)(H,30,31). The van der Waals surface area contributed by atoms with E-state index in [1.165, 1.54) is 32.6 Å². The van der Waals surface area contributed by atoms with Crippen LogP contribution in [0.1, 0.15) is 203 Å². The van der Waals surface area contributed by atoms with Crippen molar-refractivity contribution in [1.82, 2.24) is 21.3 Å². The van der Waals surface area contributed by atoms with Crippen molar-refractivity contribution in [1.29, 1.82) is 0 Å². The highest BCUT2D eigenvalue weighted by molar-refractivity contribution is 6.32. The van der Waals surface area contributed by atoms with E-state index in [1.54, 1.807) is 19.1 Å². The number of aliphatic carboxylic acids is 4. The third kappa shape index (κ3) is 47.4. The van der Waals surface area contributed by atoms with Gasteiger partial charge in [0.05, 0.1) is 39.0 Å². The number of ether oxygens (including phenoxy) is 4. The van der Waals surface area contributed by atoms with Gasteiger partial charge < -0.3 is 65.4 Å². The normalized spacial score (nSPS) is 11.9. The number of unbranched alkanes of at least 4 members (excludes halogenated alkanes) is 13. The number of hydrogen-bond donors (Lipinski definition) is 8. The average Bonchev–Trinajstić information content (AvgIpc) is 3.51. The first-order valence-corrected chi connectivity index (χ1v) is 30.1. The van der Waals surface area contributed by atoms with E-state index < -0.39 is 53.6 Å². The highest BCUT2D eigenvalue weighted by Gasteiger charge is 2.22. The van der Waals surface area contributed by atoms with Crippen molar-refractivity contribution in [3.63, 3.8) is 0 Å². The number of amides is 4. The molecule has 482 valence electrons. The Morgan fingerprint density at radius 2 is 0.929 bits per heavy atom. The van der Waals surface area contributed by atoms with Crippen LogP contribution in [0.2, 0.25) is 0 Å². The molecule has 0 aliphatic heterocycles. The zero-order chi connectivity index (χ0) is 63.5. The van der Waals surface area contributed by atoms with Crippen LogP contribution in [0.25, 0.3) is 0 Å². The Balaban J connectivity index is 0.00000183. The third-order valence-electron chi connectivity index (χ3n) is 13.4. The van der Waals surface area contributed by atoms with Crippen LogP contribution < -0.4 is 21.3 Å². The molecule has 1 aromatic carbocycles. The molecule has 0 aromatic heterocycles. The molecule has 0 spiro atoms. The Morgan fingerprint density at radius 3 is 1.46 bits per heavy atom. The third-order valence-corrected chi connectivity index (χ3v) is 13.4. The Morgan fingerprint density at radius 1 is 0.435 bits per heavy atom. The molecule has 0 aliphatic carbocycles. The molecule has 85 heavy (non-hydrogen) atoms. The summed E-state index contributed by atoms with van der Waals surface area (Å²) >= 11 is 0. The summed E-state index contributed by atoms with van der Waals surface area (Å²) in [5.74, 6) is -7.52. The lowest BCUT2D eigenvalue weighted by atomic mass is 10.0. The van der Waals surface area contributed by atoms with Gasteiger partial charge in [0.2, 0.25) is 23.5 Å². The number of hydrogen-bond acceptors (Lipinski definition) is 16. The number of carbonyl (C=O) groups excluding carboxylic acids is 8. The van der Waals surface area contributed by atoms with Crippen LogP contribution in [0.4, 0.5) is 0 Å². The van der Waals surface area contributed by atoms with Gasteiger partial charge in [-0.15, -0.1) is 0 Å². The number of Topliss-reactive ketones (excluding diaryl/α,β-unsaturated/α-hetero) is 4. The Bertz CT molecular complexity index is 2140. The Labute approximate surface area is 500 Å². The molecule has 0 fully saturated rings. The fourth-order valence-electron chi connectivity index (χ4n) is 8.28. The summed E-state index contributed by atoms with van der Waals surface area (Å²) < 4.78 is 21.1. The first-order chi connectivity index (χ1) is 40.7. The lowest BCUT2D eigenvalue weighted by Crippen LogP contribution is -2.42. The molecule has 3 atom stereocenters. The second-order valence-electron chi connectivity index (χ2n) is 20.9. The van der Waals surface area contributed by atoms with Gasteiger partial charge >= 0.3 is 23.9 Å². The van der Waals surface area contributed by atoms with Crippen molar-refractivity contribution in [2.45, 2.75) is 206 Å². The molecule has 8 N–H and O–H groups in total. The van der Waals surface area contributed by atoms with E-state index in [9.17, 15) is 62.6 Å². The van der Waals surface area contributed by atoms with Crippen molar-refractivity contribution in [2.24, 2.45) is 5.92 Å². The van der Waals surface area contributed by atoms with Gasteiger partial charge in [-0.1, -0.05) is 102 Å². The number of rotatable bonds is 55. The molecule has 1 rings (SSSR count). The van der Waals surface area contributed by atoms with E-state index in [0.29, 0.717) is 76.8 Å². The second-order valence-corrected chi connectivity index (χ2v) is 20.9. The molecule has 24 heteroatoms. The SMILES string of the molecule is CC(=O)CCC(NC(=O)COCCOCCCC(=O)CCC(NC(=O)CCCCCCCCCCCCCCCCC(=O)C(=O)O)C(=O)O)C(=O)O.CCC(CCC(=O)NCCOCCOCC(=O)CCCNC(=O)c1ccc(C)cc1)C(=O)O. The number of ketones is 4. The van der Waals surface area contributed by atoms with Crippen LogP contribution in [0, 0.1) is 12.8 Å². The summed E-state index contributed by atoms with van der Waals surface area (Å²) in [6, 6.07) is 4.99. The van der Waals surface area contributed by atoms with Gasteiger partial charge in [-0.05, 0) is 77.3 Å². The molecule has 0 heterocycles. The predicted octanol–water partition coefficient (Wildman–Crippen LogP) is 6.67. The van der Waals surface area contributed by atoms with Crippen molar-refractivity contribution in [3.05, 3.63) is 35.4 Å². The van der Waals surface area contributed by atoms with E-state index in [2.05, 4.69) is 21.3 Å². The zero-order valence-corrected chi connectivity index (χ0v) is 50.5. The van der Waals surface area contributed by atoms with Gasteiger partial charge in [0, 0.05) is 70.2 Å². The zero-order valence-electron chi connectivity index (χ0n) is 50.5. The van der Waals surface area contributed by atoms with Gasteiger partial charge in [0.15, 0.2) is 5.78 Å². The van der Waals surface area contributed by atoms with E-state index in [1.807, 2.05) is 19.1 Å². The lowest BCUT2D eigenvalue weighted by Gasteiger charge is -2.14. The van der Waals surface area contributed by atoms with Crippen molar-refractivity contribution >= 4 is 70.6 Å². The van der Waals surface area contributed by atoms with Gasteiger partial charge in [-0.25, -0.2) is 14.4 Å². The van der Waals surface area contributed by atoms with Crippen LogP contribution in [0.5, 0.6) is 0 Å². The molecule has 0 radical (unpaired) electrons. The average molecular weight is 1210 g/mol. The molecule has 0 saturated heterocycles. The molecule has 3 unspecified atom stereocenters. The van der Waals surface area contributed by atoms with Crippen molar-refractivity contribution in [3.8, 4) is 0 Å². The summed E-state index contributed by atoms with van der Waals surface area (Å²) in [4.78, 5) is 138. The van der Waals surface area contributed by atoms with Crippen LogP contribution in [0.3, 0.4) is 0 Å². The second kappa shape index (κ2) is 51.9. The van der Waals surface area contributed by atoms with E-state index in [4.69, 9.17) is 34.3 Å². The number of nitrogens with one attached hydrogen (secondary N) is 4. The molecular formula is C61H98N4O20. The number of carbonyl (C=O) groups is 12. The molecule has 1 aromatic rings.